The molecular weight excluding hydrogens is 331 g/mol. The van der Waals surface area contributed by atoms with E-state index in [0.717, 1.165) is 10.9 Å². The molecule has 2 rings (SSSR count). The van der Waals surface area contributed by atoms with E-state index >= 15 is 0 Å². The number of carbonyl (C=O) groups is 1. The topological polar surface area (TPSA) is 90.5 Å². The normalized spacial score (nSPS) is 22.0. The number of carbonyl (C=O) groups excluding carboxylic acids is 1. The highest BCUT2D eigenvalue weighted by atomic mass is 35.5. The highest BCUT2D eigenvalue weighted by Gasteiger charge is 2.37. The molecule has 0 N–H and O–H groups in total. The second-order valence-electron chi connectivity index (χ2n) is 6.32. The third-order valence-electron chi connectivity index (χ3n) is 3.39. The molecule has 1 fully saturated rings. The van der Waals surface area contributed by atoms with Crippen LogP contribution in [0.1, 0.15) is 33.2 Å². The van der Waals surface area contributed by atoms with Gasteiger partial charge in [-0.1, -0.05) is 11.6 Å². The van der Waals surface area contributed by atoms with E-state index in [4.69, 9.17) is 16.3 Å². The first-order chi connectivity index (χ1) is 10.6. The van der Waals surface area contributed by atoms with Crippen LogP contribution < -0.4 is 0 Å². The van der Waals surface area contributed by atoms with E-state index < -0.39 is 28.8 Å². The van der Waals surface area contributed by atoms with Gasteiger partial charge in [-0.25, -0.2) is 13.9 Å². The molecule has 23 heavy (non-hydrogen) atoms. The predicted molar refractivity (Wildman–Crippen MR) is 80.2 cm³/mol. The largest absolute Gasteiger partial charge is 0.444 e. The summed E-state index contributed by atoms with van der Waals surface area (Å²) in [6.07, 6.45) is -0.807. The van der Waals surface area contributed by atoms with Crippen LogP contribution >= 0.6 is 11.6 Å². The fourth-order valence-corrected chi connectivity index (χ4v) is 2.64. The molecule has 0 unspecified atom stereocenters. The third-order valence-corrected chi connectivity index (χ3v) is 3.75. The number of amides is 1. The highest BCUT2D eigenvalue weighted by molar-refractivity contribution is 6.31. The molecule has 2 atom stereocenters. The zero-order valence-corrected chi connectivity index (χ0v) is 13.8. The SMILES string of the molecule is CC(C)(C)OC(=O)N1CC[C@@H](n2ncc([N+](=O)[O-])c2Cl)[C@H](F)C1. The second-order valence-corrected chi connectivity index (χ2v) is 6.68. The van der Waals surface area contributed by atoms with E-state index in [1.54, 1.807) is 20.8 Å². The van der Waals surface area contributed by atoms with Crippen LogP contribution in [0.5, 0.6) is 0 Å². The molecule has 0 aromatic carbocycles. The van der Waals surface area contributed by atoms with Crippen molar-refractivity contribution in [1.82, 2.24) is 14.7 Å². The van der Waals surface area contributed by atoms with Crippen molar-refractivity contribution in [2.75, 3.05) is 13.1 Å². The molecule has 1 amide bonds. The summed E-state index contributed by atoms with van der Waals surface area (Å²) < 4.78 is 20.7. The molecule has 1 aromatic rings. The fraction of sp³-hybridized carbons (Fsp3) is 0.692. The fourth-order valence-electron chi connectivity index (χ4n) is 2.35. The van der Waals surface area contributed by atoms with Gasteiger partial charge in [-0.05, 0) is 27.2 Å². The number of ether oxygens (including phenoxy) is 1. The lowest BCUT2D eigenvalue weighted by Crippen LogP contribution is -2.47. The van der Waals surface area contributed by atoms with Gasteiger partial charge in [0, 0.05) is 6.54 Å². The van der Waals surface area contributed by atoms with Gasteiger partial charge < -0.3 is 9.64 Å². The van der Waals surface area contributed by atoms with E-state index in [1.165, 1.54) is 4.90 Å². The van der Waals surface area contributed by atoms with Gasteiger partial charge in [0.05, 0.1) is 17.5 Å². The number of rotatable bonds is 2. The smallest absolute Gasteiger partial charge is 0.410 e. The summed E-state index contributed by atoms with van der Waals surface area (Å²) in [5, 5.41) is 14.4. The van der Waals surface area contributed by atoms with Gasteiger partial charge in [0.2, 0.25) is 5.15 Å². The Kier molecular flexibility index (Phi) is 4.79. The number of alkyl halides is 1. The van der Waals surface area contributed by atoms with Gasteiger partial charge >= 0.3 is 11.8 Å². The molecule has 1 aromatic heterocycles. The Morgan fingerprint density at radius 1 is 1.57 bits per heavy atom. The average Bonchev–Trinajstić information content (AvgIpc) is 2.78. The Hall–Kier alpha value is -1.90. The summed E-state index contributed by atoms with van der Waals surface area (Å²) in [4.78, 5) is 23.3. The van der Waals surface area contributed by atoms with Crippen LogP contribution in [0, 0.1) is 10.1 Å². The van der Waals surface area contributed by atoms with Crippen molar-refractivity contribution in [3.8, 4) is 0 Å². The Morgan fingerprint density at radius 3 is 2.70 bits per heavy atom. The lowest BCUT2D eigenvalue weighted by atomic mass is 10.0. The standard InChI is InChI=1S/C13H18ClFN4O4/c1-13(2,3)23-12(20)17-5-4-9(8(15)7-17)18-11(14)10(6-16-18)19(21)22/h6,8-9H,4-5,7H2,1-3H3/t8-,9-/m1/s1. The number of piperidine rings is 1. The highest BCUT2D eigenvalue weighted by Crippen LogP contribution is 2.32. The number of nitro groups is 1. The van der Waals surface area contributed by atoms with E-state index in [9.17, 15) is 19.3 Å². The molecule has 128 valence electrons. The summed E-state index contributed by atoms with van der Waals surface area (Å²) in [5.41, 5.74) is -1.03. The Bertz CT molecular complexity index is 616. The maximum atomic E-state index is 14.4. The van der Waals surface area contributed by atoms with Gasteiger partial charge in [-0.15, -0.1) is 0 Å². The number of hydrogen-bond acceptors (Lipinski definition) is 5. The Morgan fingerprint density at radius 2 is 2.22 bits per heavy atom. The molecule has 10 heteroatoms. The van der Waals surface area contributed by atoms with Crippen LogP contribution in [0.3, 0.4) is 0 Å². The van der Waals surface area contributed by atoms with Crippen LogP contribution in [-0.2, 0) is 4.74 Å². The minimum atomic E-state index is -1.45. The van der Waals surface area contributed by atoms with Crippen molar-refractivity contribution in [2.45, 2.75) is 45.0 Å². The maximum Gasteiger partial charge on any atom is 0.410 e. The number of halogens is 2. The van der Waals surface area contributed by atoms with E-state index in [0.29, 0.717) is 0 Å². The second kappa shape index (κ2) is 6.31. The van der Waals surface area contributed by atoms with Crippen molar-refractivity contribution in [2.24, 2.45) is 0 Å². The maximum absolute atomic E-state index is 14.4. The Labute approximate surface area is 137 Å². The zero-order chi connectivity index (χ0) is 17.4. The molecule has 0 bridgehead atoms. The monoisotopic (exact) mass is 348 g/mol. The Balaban J connectivity index is 2.07. The van der Waals surface area contributed by atoms with Gasteiger partial charge in [0.1, 0.15) is 18.0 Å². The molecule has 8 nitrogen and oxygen atoms in total. The summed E-state index contributed by atoms with van der Waals surface area (Å²) >= 11 is 5.89. The molecule has 1 aliphatic rings. The van der Waals surface area contributed by atoms with Crippen molar-refractivity contribution in [3.63, 3.8) is 0 Å². The van der Waals surface area contributed by atoms with E-state index in [-0.39, 0.29) is 30.4 Å². The summed E-state index contributed by atoms with van der Waals surface area (Å²) in [6, 6.07) is -0.755. The number of likely N-dealkylation sites (tertiary alicyclic amines) is 1. The lowest BCUT2D eigenvalue weighted by Gasteiger charge is -2.35. The van der Waals surface area contributed by atoms with Gasteiger partial charge in [-0.2, -0.15) is 5.10 Å². The van der Waals surface area contributed by atoms with Crippen molar-refractivity contribution in [3.05, 3.63) is 21.5 Å². The van der Waals surface area contributed by atoms with Crippen LogP contribution in [-0.4, -0.2) is 50.6 Å². The summed E-state index contributed by atoms with van der Waals surface area (Å²) in [7, 11) is 0. The van der Waals surface area contributed by atoms with Crippen LogP contribution in [0.4, 0.5) is 14.9 Å². The van der Waals surface area contributed by atoms with Gasteiger partial charge in [0.25, 0.3) is 0 Å². The number of hydrogen-bond donors (Lipinski definition) is 0. The first-order valence-electron chi connectivity index (χ1n) is 7.09. The van der Waals surface area contributed by atoms with Gasteiger partial charge in [-0.3, -0.25) is 10.1 Å². The molecular formula is C13H18ClFN4O4. The van der Waals surface area contributed by atoms with Crippen LogP contribution in [0.15, 0.2) is 6.20 Å². The first kappa shape index (κ1) is 17.5. The predicted octanol–water partition coefficient (Wildman–Crippen LogP) is 2.96. The van der Waals surface area contributed by atoms with E-state index in [2.05, 4.69) is 5.10 Å². The van der Waals surface area contributed by atoms with Gasteiger partial charge in [0.15, 0.2) is 0 Å². The zero-order valence-electron chi connectivity index (χ0n) is 13.0. The first-order valence-corrected chi connectivity index (χ1v) is 7.47. The lowest BCUT2D eigenvalue weighted by molar-refractivity contribution is -0.384. The number of nitrogens with zero attached hydrogens (tertiary/aromatic N) is 4. The third kappa shape index (κ3) is 3.90. The molecule has 1 saturated heterocycles. The molecule has 0 aliphatic carbocycles. The van der Waals surface area contributed by atoms with Crippen molar-refractivity contribution in [1.29, 1.82) is 0 Å². The summed E-state index contributed by atoms with van der Waals surface area (Å²) in [6.45, 7) is 5.27. The quantitative estimate of drug-likeness (QED) is 0.605. The van der Waals surface area contributed by atoms with Crippen LogP contribution in [0.25, 0.3) is 0 Å². The molecule has 0 spiro atoms. The molecule has 1 aliphatic heterocycles. The molecule has 0 saturated carbocycles. The van der Waals surface area contributed by atoms with E-state index in [1.807, 2.05) is 0 Å². The summed E-state index contributed by atoms with van der Waals surface area (Å²) in [5.74, 6) is 0. The molecule has 2 heterocycles. The molecule has 0 radical (unpaired) electrons. The minimum Gasteiger partial charge on any atom is -0.444 e. The average molecular weight is 349 g/mol. The minimum absolute atomic E-state index is 0.177. The van der Waals surface area contributed by atoms with Crippen LogP contribution in [0.2, 0.25) is 5.15 Å². The van der Waals surface area contributed by atoms with Crippen molar-refractivity contribution < 1.29 is 18.8 Å². The van der Waals surface area contributed by atoms with Crippen molar-refractivity contribution >= 4 is 23.4 Å². The number of aromatic nitrogens is 2.